The predicted octanol–water partition coefficient (Wildman–Crippen LogP) is 4.15. The summed E-state index contributed by atoms with van der Waals surface area (Å²) in [4.78, 5) is 1.12. The van der Waals surface area contributed by atoms with E-state index in [1.54, 1.807) is 31.4 Å². The lowest BCUT2D eigenvalue weighted by molar-refractivity contribution is 0.190. The summed E-state index contributed by atoms with van der Waals surface area (Å²) in [6.07, 6.45) is -0.573. The van der Waals surface area contributed by atoms with Gasteiger partial charge in [-0.05, 0) is 47.1 Å². The minimum Gasteiger partial charge on any atom is -0.497 e. The van der Waals surface area contributed by atoms with E-state index >= 15 is 0 Å². The largest absolute Gasteiger partial charge is 0.497 e. The Balaban J connectivity index is 2.17. The summed E-state index contributed by atoms with van der Waals surface area (Å²) < 4.78 is 12.0. The fourth-order valence-corrected chi connectivity index (χ4v) is 3.09. The number of methoxy groups -OCH3 is 1. The molecule has 0 aliphatic carbocycles. The first-order chi connectivity index (χ1) is 9.10. The fraction of sp³-hybridized carbons (Fsp3) is 0.286. The Kier molecular flexibility index (Phi) is 4.85. The maximum absolute atomic E-state index is 9.74. The Labute approximate surface area is 124 Å². The van der Waals surface area contributed by atoms with Gasteiger partial charge in [-0.2, -0.15) is 0 Å². The van der Waals surface area contributed by atoms with Crippen molar-refractivity contribution in [2.24, 2.45) is 0 Å². The van der Waals surface area contributed by atoms with Crippen LogP contribution < -0.4 is 9.47 Å². The van der Waals surface area contributed by atoms with Crippen LogP contribution in [0, 0.1) is 0 Å². The zero-order chi connectivity index (χ0) is 13.8. The molecule has 0 fully saturated rings. The predicted molar refractivity (Wildman–Crippen MR) is 80.0 cm³/mol. The second kappa shape index (κ2) is 6.41. The molecule has 1 aromatic carbocycles. The topological polar surface area (TPSA) is 38.7 Å². The molecule has 1 N–H and O–H groups in total. The Hall–Kier alpha value is -1.04. The molecule has 1 unspecified atom stereocenters. The summed E-state index contributed by atoms with van der Waals surface area (Å²) in [7, 11) is 1.61. The second-order valence-corrected chi connectivity index (χ2v) is 6.62. The Morgan fingerprint density at radius 2 is 2.11 bits per heavy atom. The van der Waals surface area contributed by atoms with Crippen molar-refractivity contribution in [2.75, 3.05) is 7.11 Å². The van der Waals surface area contributed by atoms with Crippen LogP contribution in [0.2, 0.25) is 0 Å². The standard InChI is InChI=1S/C14H15BrO3S/c1-9(16)12-5-3-10(17-2)7-13(12)18-8-11-4-6-14(15)19-11/h3-7,9,16H,8H2,1-2H3. The van der Waals surface area contributed by atoms with E-state index in [1.807, 2.05) is 24.3 Å². The fourth-order valence-electron chi connectivity index (χ4n) is 1.69. The van der Waals surface area contributed by atoms with E-state index in [-0.39, 0.29) is 0 Å². The highest BCUT2D eigenvalue weighted by molar-refractivity contribution is 9.11. The first kappa shape index (κ1) is 14.4. The molecule has 0 aliphatic rings. The molecule has 0 spiro atoms. The number of rotatable bonds is 5. The van der Waals surface area contributed by atoms with Crippen molar-refractivity contribution in [3.63, 3.8) is 0 Å². The van der Waals surface area contributed by atoms with Crippen LogP contribution in [0.4, 0.5) is 0 Å². The molecule has 0 aliphatic heterocycles. The SMILES string of the molecule is COc1ccc(C(C)O)c(OCc2ccc(Br)s2)c1. The number of aliphatic hydroxyl groups is 1. The molecule has 2 rings (SSSR count). The lowest BCUT2D eigenvalue weighted by atomic mass is 10.1. The maximum Gasteiger partial charge on any atom is 0.129 e. The Morgan fingerprint density at radius 3 is 2.68 bits per heavy atom. The molecule has 1 aromatic heterocycles. The summed E-state index contributed by atoms with van der Waals surface area (Å²) in [6, 6.07) is 9.44. The number of halogens is 1. The molecule has 1 heterocycles. The highest BCUT2D eigenvalue weighted by Gasteiger charge is 2.11. The van der Waals surface area contributed by atoms with Gasteiger partial charge in [0.2, 0.25) is 0 Å². The van der Waals surface area contributed by atoms with Crippen LogP contribution in [-0.4, -0.2) is 12.2 Å². The second-order valence-electron chi connectivity index (χ2n) is 4.07. The molecule has 0 saturated heterocycles. The van der Waals surface area contributed by atoms with Crippen molar-refractivity contribution in [3.8, 4) is 11.5 Å². The van der Waals surface area contributed by atoms with Crippen molar-refractivity contribution in [2.45, 2.75) is 19.6 Å². The van der Waals surface area contributed by atoms with Gasteiger partial charge in [0.05, 0.1) is 17.0 Å². The van der Waals surface area contributed by atoms with Crippen LogP contribution in [0.25, 0.3) is 0 Å². The van der Waals surface area contributed by atoms with Gasteiger partial charge in [0, 0.05) is 16.5 Å². The monoisotopic (exact) mass is 342 g/mol. The van der Waals surface area contributed by atoms with Crippen molar-refractivity contribution >= 4 is 27.3 Å². The van der Waals surface area contributed by atoms with Crippen molar-refractivity contribution in [1.82, 2.24) is 0 Å². The summed E-state index contributed by atoms with van der Waals surface area (Å²) >= 11 is 5.05. The summed E-state index contributed by atoms with van der Waals surface area (Å²) in [6.45, 7) is 2.19. The van der Waals surface area contributed by atoms with E-state index < -0.39 is 6.10 Å². The quantitative estimate of drug-likeness (QED) is 0.886. The van der Waals surface area contributed by atoms with E-state index in [0.717, 1.165) is 14.2 Å². The van der Waals surface area contributed by atoms with Crippen molar-refractivity contribution in [1.29, 1.82) is 0 Å². The van der Waals surface area contributed by atoms with E-state index in [9.17, 15) is 5.11 Å². The number of hydrogen-bond acceptors (Lipinski definition) is 4. The molecule has 19 heavy (non-hydrogen) atoms. The lowest BCUT2D eigenvalue weighted by Crippen LogP contribution is -2.00. The third-order valence-corrected chi connectivity index (χ3v) is 4.27. The van der Waals surface area contributed by atoms with Gasteiger partial charge in [0.1, 0.15) is 18.1 Å². The number of aliphatic hydroxyl groups excluding tert-OH is 1. The molecular formula is C14H15BrO3S. The average Bonchev–Trinajstić information content (AvgIpc) is 2.81. The van der Waals surface area contributed by atoms with Crippen LogP contribution in [0.1, 0.15) is 23.5 Å². The molecule has 2 aromatic rings. The van der Waals surface area contributed by atoms with Crippen molar-refractivity contribution in [3.05, 3.63) is 44.6 Å². The van der Waals surface area contributed by atoms with Gasteiger partial charge in [-0.1, -0.05) is 0 Å². The number of benzene rings is 1. The Bertz CT molecular complexity index is 551. The van der Waals surface area contributed by atoms with Crippen LogP contribution in [0.5, 0.6) is 11.5 Å². The van der Waals surface area contributed by atoms with Gasteiger partial charge in [-0.3, -0.25) is 0 Å². The van der Waals surface area contributed by atoms with Gasteiger partial charge in [-0.25, -0.2) is 0 Å². The van der Waals surface area contributed by atoms with Gasteiger partial charge in [-0.15, -0.1) is 11.3 Å². The molecule has 3 nitrogen and oxygen atoms in total. The summed E-state index contributed by atoms with van der Waals surface area (Å²) in [5.41, 5.74) is 0.761. The molecular weight excluding hydrogens is 328 g/mol. The van der Waals surface area contributed by atoms with E-state index in [4.69, 9.17) is 9.47 Å². The van der Waals surface area contributed by atoms with Crippen LogP contribution in [0.15, 0.2) is 34.1 Å². The van der Waals surface area contributed by atoms with Gasteiger partial charge in [0.25, 0.3) is 0 Å². The smallest absolute Gasteiger partial charge is 0.129 e. The van der Waals surface area contributed by atoms with E-state index in [0.29, 0.717) is 18.1 Å². The van der Waals surface area contributed by atoms with Crippen molar-refractivity contribution < 1.29 is 14.6 Å². The molecule has 0 amide bonds. The van der Waals surface area contributed by atoms with Crippen LogP contribution >= 0.6 is 27.3 Å². The molecule has 0 saturated carbocycles. The molecule has 0 bridgehead atoms. The molecule has 1 atom stereocenters. The first-order valence-corrected chi connectivity index (χ1v) is 7.44. The van der Waals surface area contributed by atoms with Crippen LogP contribution in [0.3, 0.4) is 0 Å². The highest BCUT2D eigenvalue weighted by atomic mass is 79.9. The normalized spacial score (nSPS) is 12.2. The number of thiophene rings is 1. The lowest BCUT2D eigenvalue weighted by Gasteiger charge is -2.14. The minimum absolute atomic E-state index is 0.475. The van der Waals surface area contributed by atoms with E-state index in [2.05, 4.69) is 15.9 Å². The number of ether oxygens (including phenoxy) is 2. The molecule has 5 heteroatoms. The first-order valence-electron chi connectivity index (χ1n) is 5.83. The number of hydrogen-bond donors (Lipinski definition) is 1. The maximum atomic E-state index is 9.74. The average molecular weight is 343 g/mol. The minimum atomic E-state index is -0.573. The third kappa shape index (κ3) is 3.72. The van der Waals surface area contributed by atoms with Gasteiger partial charge >= 0.3 is 0 Å². The van der Waals surface area contributed by atoms with Crippen LogP contribution in [-0.2, 0) is 6.61 Å². The molecule has 102 valence electrons. The van der Waals surface area contributed by atoms with Gasteiger partial charge < -0.3 is 14.6 Å². The highest BCUT2D eigenvalue weighted by Crippen LogP contribution is 2.31. The zero-order valence-corrected chi connectivity index (χ0v) is 13.1. The Morgan fingerprint density at radius 1 is 1.32 bits per heavy atom. The summed E-state index contributed by atoms with van der Waals surface area (Å²) in [5, 5.41) is 9.74. The van der Waals surface area contributed by atoms with E-state index in [1.165, 1.54) is 0 Å². The third-order valence-electron chi connectivity index (χ3n) is 2.67. The van der Waals surface area contributed by atoms with Gasteiger partial charge in [0.15, 0.2) is 0 Å². The molecule has 0 radical (unpaired) electrons. The summed E-state index contributed by atoms with van der Waals surface area (Å²) in [5.74, 6) is 1.37. The zero-order valence-electron chi connectivity index (χ0n) is 10.7.